The Morgan fingerprint density at radius 1 is 0.818 bits per heavy atom. The van der Waals surface area contributed by atoms with Crippen LogP contribution < -0.4 is 0 Å². The molecule has 0 amide bonds. The van der Waals surface area contributed by atoms with Gasteiger partial charge in [0.2, 0.25) is 0 Å². The van der Waals surface area contributed by atoms with Crippen LogP contribution in [0.4, 0.5) is 0 Å². The minimum absolute atomic E-state index is 0.501. The highest BCUT2D eigenvalue weighted by Gasteiger charge is 2.27. The first-order valence-corrected chi connectivity index (χ1v) is 8.26. The highest BCUT2D eigenvalue weighted by atomic mass is 16.5. The maximum absolute atomic E-state index is 11.5. The lowest BCUT2D eigenvalue weighted by Gasteiger charge is -2.11. The summed E-state index contributed by atoms with van der Waals surface area (Å²) in [4.78, 5) is 23.0. The van der Waals surface area contributed by atoms with E-state index < -0.39 is 17.9 Å². The lowest BCUT2D eigenvalue weighted by Crippen LogP contribution is -2.26. The van der Waals surface area contributed by atoms with Gasteiger partial charge in [-0.05, 0) is 12.8 Å². The summed E-state index contributed by atoms with van der Waals surface area (Å²) in [7, 11) is 2.59. The van der Waals surface area contributed by atoms with Gasteiger partial charge in [-0.2, -0.15) is 0 Å². The Hall–Kier alpha value is -1.50. The van der Waals surface area contributed by atoms with Gasteiger partial charge in [0.05, 0.1) is 14.2 Å². The van der Waals surface area contributed by atoms with E-state index in [-0.39, 0.29) is 0 Å². The fraction of sp³-hybridized carbons (Fsp3) is 0.778. The lowest BCUT2D eigenvalue weighted by atomic mass is 10.00. The Morgan fingerprint density at radius 3 is 1.64 bits per heavy atom. The van der Waals surface area contributed by atoms with Crippen LogP contribution in [0.2, 0.25) is 0 Å². The molecule has 0 fully saturated rings. The summed E-state index contributed by atoms with van der Waals surface area (Å²) < 4.78 is 9.27. The monoisotopic (exact) mass is 310 g/mol. The molecule has 22 heavy (non-hydrogen) atoms. The standard InChI is InChI=1S/C18H30O4/c1-4-5-6-7-8-9-10-11-12-13-14-15-16(17(19)21-2)18(20)22-3/h1,16H,5-15H2,2-3H3. The van der Waals surface area contributed by atoms with Crippen molar-refractivity contribution in [2.75, 3.05) is 14.2 Å². The fourth-order valence-electron chi connectivity index (χ4n) is 2.43. The Labute approximate surface area is 134 Å². The molecule has 0 aliphatic carbocycles. The summed E-state index contributed by atoms with van der Waals surface area (Å²) >= 11 is 0. The van der Waals surface area contributed by atoms with Gasteiger partial charge in [-0.3, -0.25) is 9.59 Å². The van der Waals surface area contributed by atoms with E-state index in [0.717, 1.165) is 32.1 Å². The van der Waals surface area contributed by atoms with Crippen molar-refractivity contribution >= 4 is 11.9 Å². The van der Waals surface area contributed by atoms with Gasteiger partial charge in [0.1, 0.15) is 0 Å². The van der Waals surface area contributed by atoms with Crippen LogP contribution in [0.3, 0.4) is 0 Å². The number of esters is 2. The van der Waals surface area contributed by atoms with E-state index in [9.17, 15) is 9.59 Å². The molecule has 0 rings (SSSR count). The van der Waals surface area contributed by atoms with E-state index in [1.54, 1.807) is 0 Å². The third kappa shape index (κ3) is 10.3. The highest BCUT2D eigenvalue weighted by Crippen LogP contribution is 2.16. The van der Waals surface area contributed by atoms with Crippen LogP contribution in [-0.2, 0) is 19.1 Å². The molecule has 0 aromatic rings. The molecule has 126 valence electrons. The minimum atomic E-state index is -0.772. The Kier molecular flexibility index (Phi) is 13.5. The second-order valence-electron chi connectivity index (χ2n) is 5.52. The average Bonchev–Trinajstić information content (AvgIpc) is 2.54. The first-order valence-electron chi connectivity index (χ1n) is 8.26. The first kappa shape index (κ1) is 20.5. The van der Waals surface area contributed by atoms with E-state index in [1.807, 2.05) is 0 Å². The zero-order valence-electron chi connectivity index (χ0n) is 14.1. The molecular weight excluding hydrogens is 280 g/mol. The van der Waals surface area contributed by atoms with Crippen LogP contribution in [0, 0.1) is 18.3 Å². The number of ether oxygens (including phenoxy) is 2. The third-order valence-corrected chi connectivity index (χ3v) is 3.79. The van der Waals surface area contributed by atoms with E-state index in [4.69, 9.17) is 6.42 Å². The number of unbranched alkanes of at least 4 members (excludes halogenated alkanes) is 9. The van der Waals surface area contributed by atoms with Crippen molar-refractivity contribution in [3.8, 4) is 12.3 Å². The van der Waals surface area contributed by atoms with Gasteiger partial charge in [0, 0.05) is 6.42 Å². The van der Waals surface area contributed by atoms with Gasteiger partial charge in [0.15, 0.2) is 5.92 Å². The molecule has 4 heteroatoms. The van der Waals surface area contributed by atoms with Crippen molar-refractivity contribution in [2.24, 2.45) is 5.92 Å². The second-order valence-corrected chi connectivity index (χ2v) is 5.52. The number of carbonyl (C=O) groups excluding carboxylic acids is 2. The summed E-state index contributed by atoms with van der Waals surface area (Å²) in [5.41, 5.74) is 0. The molecule has 0 aromatic heterocycles. The molecule has 0 aliphatic heterocycles. The molecule has 0 heterocycles. The van der Waals surface area contributed by atoms with Gasteiger partial charge < -0.3 is 9.47 Å². The predicted octanol–water partition coefficient (Wildman–Crippen LogP) is 3.87. The Bertz CT molecular complexity index is 327. The van der Waals surface area contributed by atoms with Gasteiger partial charge in [-0.25, -0.2) is 0 Å². The van der Waals surface area contributed by atoms with Crippen LogP contribution in [0.5, 0.6) is 0 Å². The van der Waals surface area contributed by atoms with Gasteiger partial charge in [0.25, 0.3) is 0 Å². The largest absolute Gasteiger partial charge is 0.468 e. The van der Waals surface area contributed by atoms with Crippen molar-refractivity contribution in [3.05, 3.63) is 0 Å². The molecule has 0 saturated heterocycles. The van der Waals surface area contributed by atoms with Gasteiger partial charge in [-0.1, -0.05) is 51.4 Å². The van der Waals surface area contributed by atoms with Crippen molar-refractivity contribution in [1.29, 1.82) is 0 Å². The molecule has 0 radical (unpaired) electrons. The maximum atomic E-state index is 11.5. The summed E-state index contributed by atoms with van der Waals surface area (Å²) in [6, 6.07) is 0. The summed E-state index contributed by atoms with van der Waals surface area (Å²) in [6.45, 7) is 0. The highest BCUT2D eigenvalue weighted by molar-refractivity contribution is 5.94. The van der Waals surface area contributed by atoms with E-state index in [2.05, 4.69) is 15.4 Å². The van der Waals surface area contributed by atoms with Crippen molar-refractivity contribution in [3.63, 3.8) is 0 Å². The molecule has 0 spiro atoms. The number of methoxy groups -OCH3 is 2. The summed E-state index contributed by atoms with van der Waals surface area (Å²) in [6.07, 6.45) is 16.9. The fourth-order valence-corrected chi connectivity index (χ4v) is 2.43. The van der Waals surface area contributed by atoms with Crippen LogP contribution in [0.15, 0.2) is 0 Å². The number of hydrogen-bond acceptors (Lipinski definition) is 4. The number of terminal acetylenes is 1. The molecule has 0 unspecified atom stereocenters. The summed E-state index contributed by atoms with van der Waals surface area (Å²) in [5.74, 6) is 0.886. The quantitative estimate of drug-likeness (QED) is 0.224. The van der Waals surface area contributed by atoms with E-state index in [1.165, 1.54) is 46.3 Å². The smallest absolute Gasteiger partial charge is 0.320 e. The molecule has 4 nitrogen and oxygen atoms in total. The van der Waals surface area contributed by atoms with Crippen LogP contribution >= 0.6 is 0 Å². The molecule has 0 N–H and O–H groups in total. The van der Waals surface area contributed by atoms with Crippen LogP contribution in [-0.4, -0.2) is 26.2 Å². The van der Waals surface area contributed by atoms with Gasteiger partial charge in [-0.15, -0.1) is 12.3 Å². The number of rotatable bonds is 13. The predicted molar refractivity (Wildman–Crippen MR) is 87.1 cm³/mol. The average molecular weight is 310 g/mol. The minimum Gasteiger partial charge on any atom is -0.468 e. The van der Waals surface area contributed by atoms with Crippen LogP contribution in [0.25, 0.3) is 0 Å². The molecule has 0 aromatic carbocycles. The summed E-state index contributed by atoms with van der Waals surface area (Å²) in [5, 5.41) is 0. The molecule has 0 atom stereocenters. The van der Waals surface area contributed by atoms with E-state index >= 15 is 0 Å². The SMILES string of the molecule is C#CCCCCCCCCCCCC(C(=O)OC)C(=O)OC. The molecule has 0 aliphatic rings. The van der Waals surface area contributed by atoms with Crippen LogP contribution in [0.1, 0.15) is 70.6 Å². The number of carbonyl (C=O) groups is 2. The molecule has 0 bridgehead atoms. The normalized spacial score (nSPS) is 10.3. The third-order valence-electron chi connectivity index (χ3n) is 3.79. The lowest BCUT2D eigenvalue weighted by molar-refractivity contribution is -0.159. The zero-order valence-corrected chi connectivity index (χ0v) is 14.1. The second kappa shape index (κ2) is 14.4. The van der Waals surface area contributed by atoms with Crippen molar-refractivity contribution in [2.45, 2.75) is 70.6 Å². The topological polar surface area (TPSA) is 52.6 Å². The van der Waals surface area contributed by atoms with Gasteiger partial charge >= 0.3 is 11.9 Å². The Morgan fingerprint density at radius 2 is 1.23 bits per heavy atom. The Balaban J connectivity index is 3.56. The number of hydrogen-bond donors (Lipinski definition) is 0. The first-order chi connectivity index (χ1) is 10.7. The molecular formula is C18H30O4. The van der Waals surface area contributed by atoms with Crippen molar-refractivity contribution < 1.29 is 19.1 Å². The maximum Gasteiger partial charge on any atom is 0.320 e. The zero-order chi connectivity index (χ0) is 16.6. The van der Waals surface area contributed by atoms with E-state index in [0.29, 0.717) is 6.42 Å². The van der Waals surface area contributed by atoms with Crippen molar-refractivity contribution in [1.82, 2.24) is 0 Å². The molecule has 0 saturated carbocycles.